The summed E-state index contributed by atoms with van der Waals surface area (Å²) in [4.78, 5) is 0. The molecule has 0 aromatic carbocycles. The van der Waals surface area contributed by atoms with Gasteiger partial charge in [-0.15, -0.1) is 0 Å². The molecule has 0 amide bonds. The van der Waals surface area contributed by atoms with Gasteiger partial charge in [0.1, 0.15) is 0 Å². The first-order chi connectivity index (χ1) is 11.5. The number of rotatable bonds is 18. The molecule has 0 rings (SSSR count). The molecule has 146 valence electrons. The molecule has 0 fully saturated rings. The van der Waals surface area contributed by atoms with Gasteiger partial charge < -0.3 is 9.66 Å². The third kappa shape index (κ3) is 19.4. The van der Waals surface area contributed by atoms with E-state index in [4.69, 9.17) is 5.11 Å². The first-order valence-corrected chi connectivity index (χ1v) is 11.5. The predicted molar refractivity (Wildman–Crippen MR) is 100 cm³/mol. The maximum atomic E-state index is 11.3. The summed E-state index contributed by atoms with van der Waals surface area (Å²) in [6, 6.07) is 0. The van der Waals surface area contributed by atoms with Gasteiger partial charge in [0.2, 0.25) is 0 Å². The summed E-state index contributed by atoms with van der Waals surface area (Å²) < 4.78 is 34.0. The van der Waals surface area contributed by atoms with Gasteiger partial charge in [-0.05, 0) is 19.3 Å². The van der Waals surface area contributed by atoms with Crippen LogP contribution < -0.4 is 29.6 Å². The summed E-state index contributed by atoms with van der Waals surface area (Å²) in [5.74, 6) is 0. The van der Waals surface area contributed by atoms with E-state index < -0.39 is 15.4 Å². The molecule has 0 aromatic heterocycles. The van der Waals surface area contributed by atoms with Gasteiger partial charge in [-0.3, -0.25) is 0 Å². The van der Waals surface area contributed by atoms with Gasteiger partial charge in [0.25, 0.3) is 0 Å². The zero-order valence-corrected chi connectivity index (χ0v) is 19.5. The maximum Gasteiger partial charge on any atom is 1.00 e. The minimum atomic E-state index is -4.17. The van der Waals surface area contributed by atoms with E-state index in [9.17, 15) is 13.0 Å². The molecule has 0 saturated heterocycles. The van der Waals surface area contributed by atoms with Crippen molar-refractivity contribution >= 4 is 10.1 Å². The minimum absolute atomic E-state index is 0. The number of aliphatic hydroxyl groups is 1. The summed E-state index contributed by atoms with van der Waals surface area (Å²) in [7, 11) is -4.17. The monoisotopic (exact) mass is 386 g/mol. The predicted octanol–water partition coefficient (Wildman–Crippen LogP) is 2.16. The Hall–Kier alpha value is 0.870. The van der Waals surface area contributed by atoms with Crippen molar-refractivity contribution in [2.24, 2.45) is 0 Å². The summed E-state index contributed by atoms with van der Waals surface area (Å²) in [6.07, 6.45) is 16.5. The summed E-state index contributed by atoms with van der Waals surface area (Å²) in [5, 5.41) is 8.01. The fourth-order valence-electron chi connectivity index (χ4n) is 3.13. The second kappa shape index (κ2) is 19.6. The van der Waals surface area contributed by atoms with Crippen molar-refractivity contribution in [1.29, 1.82) is 0 Å². The van der Waals surface area contributed by atoms with E-state index in [1.807, 2.05) is 0 Å². The molecule has 0 radical (unpaired) electrons. The molecule has 0 spiro atoms. The van der Waals surface area contributed by atoms with Crippen molar-refractivity contribution in [3.63, 3.8) is 0 Å². The Morgan fingerprint density at radius 1 is 0.720 bits per heavy atom. The normalized spacial score (nSPS) is 12.8. The number of hydrogen-bond donors (Lipinski definition) is 1. The molecule has 0 saturated carbocycles. The molecule has 0 bridgehead atoms. The Bertz CT molecular complexity index is 360. The zero-order chi connectivity index (χ0) is 18.1. The molecule has 6 heteroatoms. The number of aliphatic hydroxyl groups excluding tert-OH is 1. The van der Waals surface area contributed by atoms with Gasteiger partial charge in [-0.2, -0.15) is 0 Å². The molecule has 1 unspecified atom stereocenters. The molecular formula is C19H39NaO4S. The molecule has 0 aliphatic carbocycles. The fourth-order valence-corrected chi connectivity index (χ4v) is 4.04. The van der Waals surface area contributed by atoms with Crippen LogP contribution in [0.5, 0.6) is 0 Å². The van der Waals surface area contributed by atoms with Gasteiger partial charge in [0.15, 0.2) is 0 Å². The van der Waals surface area contributed by atoms with E-state index >= 15 is 0 Å². The van der Waals surface area contributed by atoms with Crippen LogP contribution in [-0.4, -0.2) is 29.9 Å². The van der Waals surface area contributed by atoms with Crippen LogP contribution in [0, 0.1) is 0 Å². The van der Waals surface area contributed by atoms with E-state index in [-0.39, 0.29) is 36.2 Å². The Morgan fingerprint density at radius 3 is 1.44 bits per heavy atom. The average Bonchev–Trinajstić information content (AvgIpc) is 2.53. The molecule has 0 heterocycles. The van der Waals surface area contributed by atoms with Crippen LogP contribution in [0.4, 0.5) is 0 Å². The van der Waals surface area contributed by atoms with Gasteiger partial charge in [0.05, 0.1) is 10.1 Å². The third-order valence-corrected chi connectivity index (χ3v) is 6.01. The Labute approximate surface area is 178 Å². The van der Waals surface area contributed by atoms with E-state index in [1.165, 1.54) is 44.9 Å². The average molecular weight is 387 g/mol. The molecule has 1 N–H and O–H groups in total. The van der Waals surface area contributed by atoms with E-state index in [0.717, 1.165) is 44.9 Å². The smallest absolute Gasteiger partial charge is 0.748 e. The van der Waals surface area contributed by atoms with E-state index in [1.54, 1.807) is 0 Å². The minimum Gasteiger partial charge on any atom is -0.748 e. The molecule has 0 aliphatic heterocycles. The van der Waals surface area contributed by atoms with Crippen LogP contribution in [0.2, 0.25) is 0 Å². The second-order valence-electron chi connectivity index (χ2n) is 7.01. The number of hydrogen-bond acceptors (Lipinski definition) is 4. The van der Waals surface area contributed by atoms with Crippen LogP contribution in [0.25, 0.3) is 0 Å². The number of unbranched alkanes of at least 4 members (excludes halogenated alkanes) is 12. The molecule has 0 aromatic rings. The van der Waals surface area contributed by atoms with E-state index in [0.29, 0.717) is 12.8 Å². The van der Waals surface area contributed by atoms with Crippen molar-refractivity contribution < 1.29 is 47.6 Å². The van der Waals surface area contributed by atoms with Crippen LogP contribution in [0.1, 0.15) is 110 Å². The van der Waals surface area contributed by atoms with Gasteiger partial charge in [0, 0.05) is 11.9 Å². The Kier molecular flexibility index (Phi) is 22.0. The zero-order valence-electron chi connectivity index (χ0n) is 16.7. The van der Waals surface area contributed by atoms with Crippen molar-refractivity contribution in [2.45, 2.75) is 115 Å². The topological polar surface area (TPSA) is 77.4 Å². The van der Waals surface area contributed by atoms with Crippen molar-refractivity contribution in [1.82, 2.24) is 0 Å². The molecule has 4 nitrogen and oxygen atoms in total. The fraction of sp³-hybridized carbons (Fsp3) is 1.00. The standard InChI is InChI=1S/C19H40O4S.Na/c1-2-3-4-5-6-7-8-9-10-13-16-19(24(21,22)23)17-14-11-12-15-18-20;/h19-20H,2-18H2,1H3,(H,21,22,23);/q;+1/p-1. The third-order valence-electron chi connectivity index (χ3n) is 4.72. The molecule has 1 atom stereocenters. The SMILES string of the molecule is CCCCCCCCCCCCC(CCCCCCO)S(=O)(=O)[O-].[Na+]. The van der Waals surface area contributed by atoms with Crippen LogP contribution >= 0.6 is 0 Å². The quantitative estimate of drug-likeness (QED) is 0.222. The van der Waals surface area contributed by atoms with Crippen molar-refractivity contribution in [3.05, 3.63) is 0 Å². The van der Waals surface area contributed by atoms with Crippen molar-refractivity contribution in [3.8, 4) is 0 Å². The summed E-state index contributed by atoms with van der Waals surface area (Å²) >= 11 is 0. The first kappa shape index (κ1) is 28.1. The van der Waals surface area contributed by atoms with Gasteiger partial charge in [-0.25, -0.2) is 8.42 Å². The van der Waals surface area contributed by atoms with Crippen LogP contribution in [0.15, 0.2) is 0 Å². The van der Waals surface area contributed by atoms with Crippen molar-refractivity contribution in [2.75, 3.05) is 6.61 Å². The summed E-state index contributed by atoms with van der Waals surface area (Å²) in [6.45, 7) is 2.41. The molecule has 25 heavy (non-hydrogen) atoms. The van der Waals surface area contributed by atoms with Gasteiger partial charge in [-0.1, -0.05) is 90.4 Å². The van der Waals surface area contributed by atoms with Crippen LogP contribution in [-0.2, 0) is 10.1 Å². The first-order valence-electron chi connectivity index (χ1n) is 10.1. The maximum absolute atomic E-state index is 11.3. The second-order valence-corrected chi connectivity index (χ2v) is 8.66. The largest absolute Gasteiger partial charge is 1.00 e. The van der Waals surface area contributed by atoms with Gasteiger partial charge >= 0.3 is 29.6 Å². The van der Waals surface area contributed by atoms with E-state index in [2.05, 4.69) is 6.92 Å². The van der Waals surface area contributed by atoms with Crippen LogP contribution in [0.3, 0.4) is 0 Å². The summed E-state index contributed by atoms with van der Waals surface area (Å²) in [5.41, 5.74) is 0. The Balaban J connectivity index is 0. The molecule has 0 aliphatic rings. The molecular weight excluding hydrogens is 347 g/mol. The Morgan fingerprint density at radius 2 is 1.08 bits per heavy atom.